The van der Waals surface area contributed by atoms with E-state index in [0.717, 1.165) is 4.42 Å². The molecule has 0 rings (SSSR count). The van der Waals surface area contributed by atoms with Gasteiger partial charge in [-0.05, 0) is 6.42 Å². The molecule has 1 amide bonds. The fourth-order valence-corrected chi connectivity index (χ4v) is 0.748. The first-order chi connectivity index (χ1) is 5.57. The smallest absolute Gasteiger partial charge is 0.424 e. The van der Waals surface area contributed by atoms with Crippen molar-refractivity contribution >= 4 is 23.8 Å². The van der Waals surface area contributed by atoms with Crippen LogP contribution in [0.1, 0.15) is 12.8 Å². The Balaban J connectivity index is 3.50. The van der Waals surface area contributed by atoms with Crippen LogP contribution in [-0.2, 0) is 9.53 Å². The van der Waals surface area contributed by atoms with E-state index in [1.54, 1.807) is 0 Å². The number of carbonyl (C=O) groups is 2. The summed E-state index contributed by atoms with van der Waals surface area (Å²) >= 11 is 5.38. The average Bonchev–Trinajstić information content (AvgIpc) is 2.02. The van der Waals surface area contributed by atoms with Crippen LogP contribution in [0.2, 0.25) is 0 Å². The number of ether oxygens (including phenoxy) is 1. The molecule has 12 heavy (non-hydrogen) atoms. The molecule has 70 valence electrons. The maximum absolute atomic E-state index is 10.6. The van der Waals surface area contributed by atoms with Crippen LogP contribution in [0, 0.1) is 0 Å². The molecule has 0 aromatic rings. The highest BCUT2D eigenvalue weighted by atomic mass is 35.5. The Morgan fingerprint density at radius 1 is 1.58 bits per heavy atom. The van der Waals surface area contributed by atoms with Crippen LogP contribution in [0.4, 0.5) is 4.79 Å². The Morgan fingerprint density at radius 3 is 2.58 bits per heavy atom. The molecule has 1 N–H and O–H groups in total. The van der Waals surface area contributed by atoms with Crippen LogP contribution in [0.15, 0.2) is 0 Å². The van der Waals surface area contributed by atoms with E-state index < -0.39 is 12.1 Å². The maximum Gasteiger partial charge on any atom is 0.424 e. The molecule has 0 bridgehead atoms. The summed E-state index contributed by atoms with van der Waals surface area (Å²) in [5.41, 5.74) is 0. The second-order valence-corrected chi connectivity index (χ2v) is 2.46. The number of aliphatic carboxylic acids is 1. The van der Waals surface area contributed by atoms with Gasteiger partial charge in [0.05, 0.1) is 7.11 Å². The van der Waals surface area contributed by atoms with Gasteiger partial charge < -0.3 is 9.84 Å². The number of nitrogens with zero attached hydrogens (tertiary/aromatic N) is 1. The fraction of sp³-hybridized carbons (Fsp3) is 0.667. The van der Waals surface area contributed by atoms with E-state index in [9.17, 15) is 9.59 Å². The predicted octanol–water partition coefficient (Wildman–Crippen LogP) is 1.07. The Morgan fingerprint density at radius 2 is 2.17 bits per heavy atom. The number of hydrogen-bond acceptors (Lipinski definition) is 3. The lowest BCUT2D eigenvalue weighted by Gasteiger charge is -2.10. The lowest BCUT2D eigenvalue weighted by molar-refractivity contribution is -0.137. The molecule has 0 aromatic carbocycles. The summed E-state index contributed by atoms with van der Waals surface area (Å²) in [5.74, 6) is -0.912. The lowest BCUT2D eigenvalue weighted by Crippen LogP contribution is -2.22. The summed E-state index contributed by atoms with van der Waals surface area (Å²) in [4.78, 5) is 20.7. The van der Waals surface area contributed by atoms with E-state index >= 15 is 0 Å². The minimum Gasteiger partial charge on any atom is -0.481 e. The summed E-state index contributed by atoms with van der Waals surface area (Å²) in [6.07, 6.45) is -0.379. The van der Waals surface area contributed by atoms with E-state index in [-0.39, 0.29) is 13.0 Å². The van der Waals surface area contributed by atoms with Gasteiger partial charge in [0.25, 0.3) is 0 Å². The van der Waals surface area contributed by atoms with Gasteiger partial charge >= 0.3 is 12.1 Å². The first-order valence-electron chi connectivity index (χ1n) is 3.31. The van der Waals surface area contributed by atoms with Gasteiger partial charge in [0.15, 0.2) is 0 Å². The Bertz CT molecular complexity index is 173. The van der Waals surface area contributed by atoms with Gasteiger partial charge in [-0.15, -0.1) is 0 Å². The van der Waals surface area contributed by atoms with Gasteiger partial charge in [0, 0.05) is 24.7 Å². The molecule has 0 fully saturated rings. The number of carbonyl (C=O) groups excluding carboxylic acids is 1. The minimum atomic E-state index is -0.912. The summed E-state index contributed by atoms with van der Waals surface area (Å²) < 4.78 is 5.09. The predicted molar refractivity (Wildman–Crippen MR) is 41.8 cm³/mol. The molecular formula is C6H10ClNO4. The standard InChI is InChI=1S/C6H10ClNO4/c1-12-6(11)8(7)4-2-3-5(9)10/h2-4H2,1H3,(H,9,10). The van der Waals surface area contributed by atoms with Gasteiger partial charge in [-0.1, -0.05) is 0 Å². The van der Waals surface area contributed by atoms with Gasteiger partial charge in [-0.3, -0.25) is 4.79 Å². The van der Waals surface area contributed by atoms with Crippen molar-refractivity contribution in [2.45, 2.75) is 12.8 Å². The highest BCUT2D eigenvalue weighted by Crippen LogP contribution is 2.01. The number of halogens is 1. The third-order valence-corrected chi connectivity index (χ3v) is 1.42. The van der Waals surface area contributed by atoms with Crippen molar-refractivity contribution in [2.75, 3.05) is 13.7 Å². The monoisotopic (exact) mass is 195 g/mol. The fourth-order valence-electron chi connectivity index (χ4n) is 0.559. The molecule has 0 saturated heterocycles. The number of carboxylic acids is 1. The van der Waals surface area contributed by atoms with E-state index in [0.29, 0.717) is 6.42 Å². The molecule has 0 unspecified atom stereocenters. The molecule has 0 aromatic heterocycles. The molecule has 0 heterocycles. The summed E-state index contributed by atoms with van der Waals surface area (Å²) in [6.45, 7) is 0.167. The highest BCUT2D eigenvalue weighted by Gasteiger charge is 2.10. The van der Waals surface area contributed by atoms with Gasteiger partial charge in [0.2, 0.25) is 0 Å². The van der Waals surface area contributed by atoms with Crippen LogP contribution in [-0.4, -0.2) is 35.2 Å². The second kappa shape index (κ2) is 5.65. The van der Waals surface area contributed by atoms with Crippen molar-refractivity contribution in [3.63, 3.8) is 0 Å². The van der Waals surface area contributed by atoms with Crippen LogP contribution in [0.3, 0.4) is 0 Å². The Hall–Kier alpha value is -0.970. The summed E-state index contributed by atoms with van der Waals surface area (Å²) in [6, 6.07) is 0. The highest BCUT2D eigenvalue weighted by molar-refractivity contribution is 6.20. The maximum atomic E-state index is 10.6. The van der Waals surface area contributed by atoms with Gasteiger partial charge in [-0.25, -0.2) is 9.21 Å². The molecule has 0 radical (unpaired) electrons. The molecule has 0 aliphatic heterocycles. The normalized spacial score (nSPS) is 9.17. The SMILES string of the molecule is COC(=O)N(Cl)CCCC(=O)O. The zero-order valence-electron chi connectivity index (χ0n) is 6.62. The van der Waals surface area contributed by atoms with E-state index in [2.05, 4.69) is 4.74 Å². The van der Waals surface area contributed by atoms with E-state index in [4.69, 9.17) is 16.9 Å². The topological polar surface area (TPSA) is 66.8 Å². The van der Waals surface area contributed by atoms with Gasteiger partial charge in [-0.2, -0.15) is 0 Å². The Labute approximate surface area is 75.0 Å². The van der Waals surface area contributed by atoms with E-state index in [1.165, 1.54) is 7.11 Å². The van der Waals surface area contributed by atoms with Crippen molar-refractivity contribution in [3.05, 3.63) is 0 Å². The molecule has 0 aliphatic rings. The molecule has 0 saturated carbocycles. The third-order valence-electron chi connectivity index (χ3n) is 1.12. The molecule has 5 nitrogen and oxygen atoms in total. The zero-order chi connectivity index (χ0) is 9.56. The lowest BCUT2D eigenvalue weighted by atomic mass is 10.3. The number of amides is 1. The van der Waals surface area contributed by atoms with Crippen molar-refractivity contribution in [1.82, 2.24) is 4.42 Å². The van der Waals surface area contributed by atoms with Crippen molar-refractivity contribution in [2.24, 2.45) is 0 Å². The number of rotatable bonds is 4. The molecule has 0 spiro atoms. The summed E-state index contributed by atoms with van der Waals surface area (Å²) in [7, 11) is 1.20. The second-order valence-electron chi connectivity index (χ2n) is 2.05. The quantitative estimate of drug-likeness (QED) is 0.682. The van der Waals surface area contributed by atoms with Gasteiger partial charge in [0.1, 0.15) is 0 Å². The minimum absolute atomic E-state index is 0.0137. The van der Waals surface area contributed by atoms with Crippen molar-refractivity contribution in [3.8, 4) is 0 Å². The molecule has 0 atom stereocenters. The molecule has 6 heteroatoms. The van der Waals surface area contributed by atoms with Crippen LogP contribution in [0.25, 0.3) is 0 Å². The van der Waals surface area contributed by atoms with E-state index in [1.807, 2.05) is 0 Å². The first-order valence-corrected chi connectivity index (χ1v) is 3.64. The van der Waals surface area contributed by atoms with Crippen LogP contribution in [0.5, 0.6) is 0 Å². The number of carboxylic acid groups (broad SMARTS) is 1. The third kappa shape index (κ3) is 4.79. The largest absolute Gasteiger partial charge is 0.481 e. The number of methoxy groups -OCH3 is 1. The molecular weight excluding hydrogens is 186 g/mol. The van der Waals surface area contributed by atoms with Crippen molar-refractivity contribution in [1.29, 1.82) is 0 Å². The summed E-state index contributed by atoms with van der Waals surface area (Å²) in [5, 5.41) is 8.24. The Kier molecular flexibility index (Phi) is 5.19. The number of hydrogen-bond donors (Lipinski definition) is 1. The first kappa shape index (κ1) is 11.0. The van der Waals surface area contributed by atoms with Crippen LogP contribution >= 0.6 is 11.8 Å². The zero-order valence-corrected chi connectivity index (χ0v) is 7.37. The molecule has 0 aliphatic carbocycles. The average molecular weight is 196 g/mol. The van der Waals surface area contributed by atoms with Crippen LogP contribution < -0.4 is 0 Å². The van der Waals surface area contributed by atoms with Crippen molar-refractivity contribution < 1.29 is 19.4 Å².